The Balaban J connectivity index is 0.908. The number of fused-ring (bicyclic) bond motifs is 1. The van der Waals surface area contributed by atoms with E-state index in [4.69, 9.17) is 4.74 Å². The van der Waals surface area contributed by atoms with Crippen LogP contribution in [0.15, 0.2) is 48.8 Å². The summed E-state index contributed by atoms with van der Waals surface area (Å²) < 4.78 is 36.4. The lowest BCUT2D eigenvalue weighted by atomic mass is 10.0. The van der Waals surface area contributed by atoms with Gasteiger partial charge in [0.2, 0.25) is 0 Å². The van der Waals surface area contributed by atoms with Crippen LogP contribution in [0.2, 0.25) is 0 Å². The first-order valence-electron chi connectivity index (χ1n) is 19.0. The Labute approximate surface area is 281 Å². The molecule has 3 heterocycles. The highest BCUT2D eigenvalue weighted by Crippen LogP contribution is 2.46. The number of alkyl halides is 2. The van der Waals surface area contributed by atoms with E-state index in [2.05, 4.69) is 39.2 Å². The minimum absolute atomic E-state index is 0.176. The molecule has 6 rings (SSSR count). The largest absolute Gasteiger partial charge is 0.482 e. The smallest absolute Gasteiger partial charge is 0.329 e. The van der Waals surface area contributed by atoms with Gasteiger partial charge in [-0.05, 0) is 60.8 Å². The Morgan fingerprint density at radius 2 is 1.13 bits per heavy atom. The maximum Gasteiger partial charge on any atom is 0.329 e. The van der Waals surface area contributed by atoms with Crippen molar-refractivity contribution in [2.75, 3.05) is 0 Å². The Morgan fingerprint density at radius 1 is 0.596 bits per heavy atom. The molecule has 254 valence electrons. The molecule has 1 aromatic carbocycles. The normalized spacial score (nSPS) is 18.3. The zero-order valence-corrected chi connectivity index (χ0v) is 28.4. The summed E-state index contributed by atoms with van der Waals surface area (Å²) in [6.45, 7) is 0. The molecule has 0 N–H and O–H groups in total. The average molecular weight is 644 g/mol. The fraction of sp³-hybridized carbons (Fsp3) is 0.634. The van der Waals surface area contributed by atoms with Gasteiger partial charge in [-0.15, -0.1) is 0 Å². The van der Waals surface area contributed by atoms with E-state index < -0.39 is 12.0 Å². The van der Waals surface area contributed by atoms with Crippen molar-refractivity contribution in [2.24, 2.45) is 11.8 Å². The predicted molar refractivity (Wildman–Crippen MR) is 187 cm³/mol. The summed E-state index contributed by atoms with van der Waals surface area (Å²) in [5.74, 6) is -0.510. The molecule has 2 aromatic heterocycles. The van der Waals surface area contributed by atoms with Crippen molar-refractivity contribution in [3.8, 4) is 28.4 Å². The highest BCUT2D eigenvalue weighted by molar-refractivity contribution is 5.63. The van der Waals surface area contributed by atoms with Crippen LogP contribution in [0.25, 0.3) is 22.6 Å². The molecule has 0 saturated heterocycles. The molecule has 2 saturated carbocycles. The van der Waals surface area contributed by atoms with Gasteiger partial charge in [0.1, 0.15) is 11.4 Å². The first-order valence-corrected chi connectivity index (χ1v) is 19.0. The highest BCUT2D eigenvalue weighted by atomic mass is 19.3. The zero-order valence-electron chi connectivity index (χ0n) is 28.4. The summed E-state index contributed by atoms with van der Waals surface area (Å²) in [6, 6.07) is 11.9. The minimum atomic E-state index is -3.12. The van der Waals surface area contributed by atoms with Crippen molar-refractivity contribution >= 4 is 0 Å². The topological polar surface area (TPSA) is 47.9 Å². The second-order valence-corrected chi connectivity index (χ2v) is 14.7. The third-order valence-electron chi connectivity index (χ3n) is 10.6. The number of halogens is 2. The van der Waals surface area contributed by atoms with E-state index in [1.165, 1.54) is 115 Å². The van der Waals surface area contributed by atoms with Gasteiger partial charge in [-0.25, -0.2) is 15.0 Å². The number of pyridine rings is 1. The molecule has 0 radical (unpaired) electrons. The van der Waals surface area contributed by atoms with Crippen molar-refractivity contribution in [3.63, 3.8) is 0 Å². The number of hydrogen-bond acceptors (Lipinski definition) is 4. The zero-order chi connectivity index (χ0) is 32.3. The summed E-state index contributed by atoms with van der Waals surface area (Å²) in [7, 11) is 0. The fourth-order valence-electron chi connectivity index (χ4n) is 7.10. The highest BCUT2D eigenvalue weighted by Gasteiger charge is 2.52. The second-order valence-electron chi connectivity index (χ2n) is 14.7. The third-order valence-corrected chi connectivity index (χ3v) is 10.6. The van der Waals surface area contributed by atoms with Gasteiger partial charge in [-0.1, -0.05) is 140 Å². The van der Waals surface area contributed by atoms with Crippen LogP contribution < -0.4 is 4.74 Å². The molecule has 1 aliphatic heterocycles. The van der Waals surface area contributed by atoms with Crippen LogP contribution in [0.1, 0.15) is 146 Å². The van der Waals surface area contributed by atoms with Crippen molar-refractivity contribution in [1.82, 2.24) is 15.0 Å². The third kappa shape index (κ3) is 10.3. The van der Waals surface area contributed by atoms with E-state index in [1.807, 2.05) is 0 Å². The Morgan fingerprint density at radius 3 is 1.70 bits per heavy atom. The minimum Gasteiger partial charge on any atom is -0.482 e. The van der Waals surface area contributed by atoms with Gasteiger partial charge in [-0.2, -0.15) is 8.78 Å². The number of rotatable bonds is 22. The standard InChI is InChI=1S/C41H55F2N3O/c42-41(43)38(18-14-10-6-2-5-8-12-16-32-21-22-32)47-37-28-27-36(46-39(37)41)40-44-29-35(30-45-40)34-25-23-33(24-26-34)17-13-9-4-1-3-7-11-15-31-19-20-31/h23-32,38H,1-22H2. The average Bonchev–Trinajstić information content (AvgIpc) is 4.03. The van der Waals surface area contributed by atoms with Gasteiger partial charge in [0, 0.05) is 18.0 Å². The molecule has 3 aliphatic rings. The van der Waals surface area contributed by atoms with E-state index in [0.717, 1.165) is 48.6 Å². The van der Waals surface area contributed by atoms with Crippen LogP contribution in [0, 0.1) is 11.8 Å². The monoisotopic (exact) mass is 643 g/mol. The van der Waals surface area contributed by atoms with Crippen LogP contribution in [0.3, 0.4) is 0 Å². The molecule has 2 fully saturated rings. The summed E-state index contributed by atoms with van der Waals surface area (Å²) >= 11 is 0. The van der Waals surface area contributed by atoms with Gasteiger partial charge in [-0.3, -0.25) is 0 Å². The quantitative estimate of drug-likeness (QED) is 0.102. The van der Waals surface area contributed by atoms with E-state index in [9.17, 15) is 0 Å². The van der Waals surface area contributed by atoms with Gasteiger partial charge < -0.3 is 4.74 Å². The molecule has 4 nitrogen and oxygen atoms in total. The molecule has 0 amide bonds. The second kappa shape index (κ2) is 17.0. The number of benzene rings is 1. The molecule has 3 aromatic rings. The number of hydrogen-bond donors (Lipinski definition) is 0. The number of nitrogens with zero attached hydrogens (tertiary/aromatic N) is 3. The lowest BCUT2D eigenvalue weighted by Gasteiger charge is -2.17. The van der Waals surface area contributed by atoms with Crippen LogP contribution in [0.5, 0.6) is 5.75 Å². The van der Waals surface area contributed by atoms with Gasteiger partial charge in [0.05, 0.1) is 0 Å². The van der Waals surface area contributed by atoms with E-state index in [-0.39, 0.29) is 11.4 Å². The predicted octanol–water partition coefficient (Wildman–Crippen LogP) is 12.1. The Bertz CT molecular complexity index is 1370. The lowest BCUT2D eigenvalue weighted by molar-refractivity contribution is -0.0818. The molecule has 1 atom stereocenters. The van der Waals surface area contributed by atoms with Crippen LogP contribution in [-0.4, -0.2) is 21.1 Å². The molecular weight excluding hydrogens is 588 g/mol. The van der Waals surface area contributed by atoms with Crippen LogP contribution in [0.4, 0.5) is 8.78 Å². The molecule has 0 bridgehead atoms. The SMILES string of the molecule is FC1(F)c2nc(-c3ncc(-c4ccc(CCCCCCCCCC5CC5)cc4)cn3)ccc2OC1CCCCCCCCCC1CC1. The van der Waals surface area contributed by atoms with Gasteiger partial charge in [0.15, 0.2) is 17.6 Å². The molecule has 6 heteroatoms. The molecule has 1 unspecified atom stereocenters. The number of aryl methyl sites for hydroxylation is 1. The Hall–Kier alpha value is -2.89. The van der Waals surface area contributed by atoms with Crippen molar-refractivity contribution in [3.05, 3.63) is 60.0 Å². The van der Waals surface area contributed by atoms with Crippen molar-refractivity contribution in [2.45, 2.75) is 153 Å². The van der Waals surface area contributed by atoms with E-state index in [1.54, 1.807) is 24.5 Å². The lowest BCUT2D eigenvalue weighted by Crippen LogP contribution is -2.30. The first-order chi connectivity index (χ1) is 23.1. The van der Waals surface area contributed by atoms with E-state index >= 15 is 8.78 Å². The van der Waals surface area contributed by atoms with Gasteiger partial charge >= 0.3 is 5.92 Å². The fourth-order valence-corrected chi connectivity index (χ4v) is 7.10. The van der Waals surface area contributed by atoms with Gasteiger partial charge in [0.25, 0.3) is 0 Å². The maximum absolute atomic E-state index is 15.4. The molecule has 47 heavy (non-hydrogen) atoms. The van der Waals surface area contributed by atoms with Crippen LogP contribution >= 0.6 is 0 Å². The summed E-state index contributed by atoms with van der Waals surface area (Å²) in [5.41, 5.74) is 3.35. The molecule has 2 aliphatic carbocycles. The van der Waals surface area contributed by atoms with Crippen molar-refractivity contribution < 1.29 is 13.5 Å². The summed E-state index contributed by atoms with van der Waals surface area (Å²) in [6.07, 6.45) is 29.9. The van der Waals surface area contributed by atoms with E-state index in [0.29, 0.717) is 17.9 Å². The Kier molecular flexibility index (Phi) is 12.3. The number of unbranched alkanes of at least 4 members (excludes halogenated alkanes) is 12. The summed E-state index contributed by atoms with van der Waals surface area (Å²) in [5, 5.41) is 0. The maximum atomic E-state index is 15.4. The number of aromatic nitrogens is 3. The van der Waals surface area contributed by atoms with Crippen molar-refractivity contribution in [1.29, 1.82) is 0 Å². The summed E-state index contributed by atoms with van der Waals surface area (Å²) in [4.78, 5) is 13.3. The molecular formula is C41H55F2N3O. The van der Waals surface area contributed by atoms with Crippen LogP contribution in [-0.2, 0) is 12.3 Å². The first kappa shape index (κ1) is 34.0. The molecule has 0 spiro atoms. The number of ether oxygens (including phenoxy) is 1.